The fraction of sp³-hybridized carbons (Fsp3) is 0.400. The molecule has 5 nitrogen and oxygen atoms in total. The molecule has 1 heterocycles. The van der Waals surface area contributed by atoms with Crippen molar-refractivity contribution in [2.24, 2.45) is 5.73 Å². The molecule has 0 aliphatic heterocycles. The number of aromatic nitrogens is 1. The average Bonchev–Trinajstić information content (AvgIpc) is 2.46. The van der Waals surface area contributed by atoms with Crippen molar-refractivity contribution in [1.82, 2.24) is 4.98 Å². The van der Waals surface area contributed by atoms with Crippen LogP contribution in [0.2, 0.25) is 0 Å². The molecule has 2 aromatic rings. The third-order valence-corrected chi connectivity index (χ3v) is 3.23. The number of aromatic amines is 1. The van der Waals surface area contributed by atoms with Gasteiger partial charge in [-0.3, -0.25) is 4.79 Å². The molecule has 0 unspecified atom stereocenters. The molecule has 20 heavy (non-hydrogen) atoms. The molecule has 0 fully saturated rings. The van der Waals surface area contributed by atoms with E-state index >= 15 is 0 Å². The number of aliphatic hydroxyl groups is 1. The second-order valence-corrected chi connectivity index (χ2v) is 4.72. The standard InChI is InChI=1S/C15H20N2O3/c1-2-3-8-20-13-6-4-10(12(18)9-16)11-5-7-14(19)17-15(11)13/h4-7,12,18H,2-3,8-9,16H2,1H3,(H,17,19)/t12-/m0/s1. The normalized spacial score (nSPS) is 12.6. The van der Waals surface area contributed by atoms with Gasteiger partial charge in [0.15, 0.2) is 0 Å². The van der Waals surface area contributed by atoms with Gasteiger partial charge in [-0.1, -0.05) is 19.4 Å². The molecule has 0 amide bonds. The number of benzene rings is 1. The Balaban J connectivity index is 2.50. The van der Waals surface area contributed by atoms with Crippen molar-refractivity contribution in [2.45, 2.75) is 25.9 Å². The Morgan fingerprint density at radius 1 is 1.35 bits per heavy atom. The number of pyridine rings is 1. The van der Waals surface area contributed by atoms with Crippen LogP contribution in [0.4, 0.5) is 0 Å². The van der Waals surface area contributed by atoms with Crippen molar-refractivity contribution < 1.29 is 9.84 Å². The number of fused-ring (bicyclic) bond motifs is 1. The summed E-state index contributed by atoms with van der Waals surface area (Å²) in [5.74, 6) is 0.624. The number of aliphatic hydroxyl groups excluding tert-OH is 1. The maximum Gasteiger partial charge on any atom is 0.248 e. The molecule has 0 radical (unpaired) electrons. The zero-order valence-electron chi connectivity index (χ0n) is 11.6. The summed E-state index contributed by atoms with van der Waals surface area (Å²) in [6.45, 7) is 2.82. The predicted octanol–water partition coefficient (Wildman–Crippen LogP) is 1.70. The molecule has 5 heteroatoms. The molecule has 4 N–H and O–H groups in total. The van der Waals surface area contributed by atoms with E-state index in [2.05, 4.69) is 11.9 Å². The SMILES string of the molecule is CCCCOc1ccc([C@@H](O)CN)c2ccc(=O)[nH]c12. The van der Waals surface area contributed by atoms with E-state index in [4.69, 9.17) is 10.5 Å². The first-order valence-electron chi connectivity index (χ1n) is 6.84. The van der Waals surface area contributed by atoms with Gasteiger partial charge in [-0.15, -0.1) is 0 Å². The zero-order valence-corrected chi connectivity index (χ0v) is 11.6. The van der Waals surface area contributed by atoms with Crippen LogP contribution in [0.1, 0.15) is 31.4 Å². The maximum atomic E-state index is 11.5. The van der Waals surface area contributed by atoms with Gasteiger partial charge in [0.05, 0.1) is 18.2 Å². The molecule has 0 saturated carbocycles. The fourth-order valence-electron chi connectivity index (χ4n) is 2.11. The largest absolute Gasteiger partial charge is 0.491 e. The van der Waals surface area contributed by atoms with Gasteiger partial charge in [-0.25, -0.2) is 0 Å². The van der Waals surface area contributed by atoms with Crippen molar-refractivity contribution in [1.29, 1.82) is 0 Å². The van der Waals surface area contributed by atoms with Crippen LogP contribution in [-0.4, -0.2) is 23.2 Å². The van der Waals surface area contributed by atoms with Gasteiger partial charge in [-0.2, -0.15) is 0 Å². The Morgan fingerprint density at radius 3 is 2.85 bits per heavy atom. The van der Waals surface area contributed by atoms with Gasteiger partial charge in [0.2, 0.25) is 5.56 Å². The number of unbranched alkanes of at least 4 members (excludes halogenated alkanes) is 1. The average molecular weight is 276 g/mol. The lowest BCUT2D eigenvalue weighted by molar-refractivity contribution is 0.188. The van der Waals surface area contributed by atoms with Gasteiger partial charge in [0.25, 0.3) is 0 Å². The number of H-pyrrole nitrogens is 1. The van der Waals surface area contributed by atoms with Crippen LogP contribution in [-0.2, 0) is 0 Å². The number of nitrogens with two attached hydrogens (primary N) is 1. The number of nitrogens with one attached hydrogen (secondary N) is 1. The van der Waals surface area contributed by atoms with Crippen LogP contribution in [0.3, 0.4) is 0 Å². The number of ether oxygens (including phenoxy) is 1. The van der Waals surface area contributed by atoms with Crippen LogP contribution in [0.5, 0.6) is 5.75 Å². The molecular formula is C15H20N2O3. The lowest BCUT2D eigenvalue weighted by atomic mass is 10.0. The van der Waals surface area contributed by atoms with E-state index in [1.54, 1.807) is 18.2 Å². The molecule has 0 aliphatic rings. The van der Waals surface area contributed by atoms with Gasteiger partial charge >= 0.3 is 0 Å². The van der Waals surface area contributed by atoms with Crippen LogP contribution in [0.25, 0.3) is 10.9 Å². The Labute approximate surface area is 117 Å². The molecule has 1 aromatic heterocycles. The number of hydrogen-bond donors (Lipinski definition) is 3. The van der Waals surface area contributed by atoms with Crippen LogP contribution in [0, 0.1) is 0 Å². The van der Waals surface area contributed by atoms with Crippen molar-refractivity contribution in [3.8, 4) is 5.75 Å². The van der Waals surface area contributed by atoms with E-state index in [-0.39, 0.29) is 12.1 Å². The Morgan fingerprint density at radius 2 is 2.15 bits per heavy atom. The first-order valence-corrected chi connectivity index (χ1v) is 6.84. The summed E-state index contributed by atoms with van der Waals surface area (Å²) < 4.78 is 5.70. The predicted molar refractivity (Wildman–Crippen MR) is 79.0 cm³/mol. The van der Waals surface area contributed by atoms with Crippen molar-refractivity contribution in [3.05, 3.63) is 40.2 Å². The highest BCUT2D eigenvalue weighted by atomic mass is 16.5. The summed E-state index contributed by atoms with van der Waals surface area (Å²) >= 11 is 0. The Kier molecular flexibility index (Phi) is 4.76. The van der Waals surface area contributed by atoms with E-state index < -0.39 is 6.10 Å². The summed E-state index contributed by atoms with van der Waals surface area (Å²) in [5.41, 5.74) is 6.62. The molecule has 108 valence electrons. The lowest BCUT2D eigenvalue weighted by Crippen LogP contribution is -2.13. The monoisotopic (exact) mass is 276 g/mol. The van der Waals surface area contributed by atoms with Crippen LogP contribution >= 0.6 is 0 Å². The third-order valence-electron chi connectivity index (χ3n) is 3.23. The Bertz CT molecular complexity index is 637. The lowest BCUT2D eigenvalue weighted by Gasteiger charge is -2.14. The molecule has 0 bridgehead atoms. The van der Waals surface area contributed by atoms with Crippen molar-refractivity contribution in [3.63, 3.8) is 0 Å². The molecule has 0 saturated heterocycles. The highest BCUT2D eigenvalue weighted by Crippen LogP contribution is 2.29. The molecule has 0 spiro atoms. The van der Waals surface area contributed by atoms with E-state index in [1.807, 2.05) is 0 Å². The van der Waals surface area contributed by atoms with E-state index in [1.165, 1.54) is 6.07 Å². The smallest absolute Gasteiger partial charge is 0.248 e. The molecular weight excluding hydrogens is 256 g/mol. The minimum atomic E-state index is -0.756. The second kappa shape index (κ2) is 6.54. The van der Waals surface area contributed by atoms with Crippen molar-refractivity contribution in [2.75, 3.05) is 13.2 Å². The maximum absolute atomic E-state index is 11.5. The highest BCUT2D eigenvalue weighted by Gasteiger charge is 2.13. The van der Waals surface area contributed by atoms with Crippen LogP contribution < -0.4 is 16.0 Å². The van der Waals surface area contributed by atoms with Crippen molar-refractivity contribution >= 4 is 10.9 Å². The van der Waals surface area contributed by atoms with E-state index in [9.17, 15) is 9.90 Å². The summed E-state index contributed by atoms with van der Waals surface area (Å²) in [6, 6.07) is 6.68. The van der Waals surface area contributed by atoms with E-state index in [0.29, 0.717) is 23.4 Å². The first kappa shape index (κ1) is 14.6. The first-order chi connectivity index (χ1) is 9.67. The zero-order chi connectivity index (χ0) is 14.5. The van der Waals surface area contributed by atoms with Crippen LogP contribution in [0.15, 0.2) is 29.1 Å². The number of rotatable bonds is 6. The number of hydrogen-bond acceptors (Lipinski definition) is 4. The van der Waals surface area contributed by atoms with Gasteiger partial charge in [0, 0.05) is 18.0 Å². The molecule has 1 aromatic carbocycles. The summed E-state index contributed by atoms with van der Waals surface area (Å²) in [4.78, 5) is 14.3. The van der Waals surface area contributed by atoms with Gasteiger partial charge in [-0.05, 0) is 24.1 Å². The summed E-state index contributed by atoms with van der Waals surface area (Å²) in [6.07, 6.45) is 1.23. The van der Waals surface area contributed by atoms with Gasteiger partial charge in [0.1, 0.15) is 5.75 Å². The molecule has 1 atom stereocenters. The topological polar surface area (TPSA) is 88.3 Å². The summed E-state index contributed by atoms with van der Waals surface area (Å²) in [5, 5.41) is 10.7. The Hall–Kier alpha value is -1.85. The fourth-order valence-corrected chi connectivity index (χ4v) is 2.11. The quantitative estimate of drug-likeness (QED) is 0.701. The molecule has 0 aliphatic carbocycles. The van der Waals surface area contributed by atoms with Gasteiger partial charge < -0.3 is 20.6 Å². The highest BCUT2D eigenvalue weighted by molar-refractivity contribution is 5.87. The third kappa shape index (κ3) is 3.00. The molecule has 2 rings (SSSR count). The minimum Gasteiger partial charge on any atom is -0.491 e. The minimum absolute atomic E-state index is 0.129. The summed E-state index contributed by atoms with van der Waals surface area (Å²) in [7, 11) is 0. The van der Waals surface area contributed by atoms with E-state index in [0.717, 1.165) is 18.2 Å². The second-order valence-electron chi connectivity index (χ2n) is 4.72.